The SMILES string of the molecule is O=S(=O)(Br)c1ccc(Br)cc1Br. The van der Waals surface area contributed by atoms with Crippen LogP contribution < -0.4 is 0 Å². The molecule has 2 nitrogen and oxygen atoms in total. The van der Waals surface area contributed by atoms with Crippen LogP contribution in [0.15, 0.2) is 32.0 Å². The number of hydrogen-bond donors (Lipinski definition) is 0. The van der Waals surface area contributed by atoms with Gasteiger partial charge in [0.15, 0.2) is 0 Å². The largest absolute Gasteiger partial charge is 0.238 e. The summed E-state index contributed by atoms with van der Waals surface area (Å²) in [5.74, 6) is 0. The Labute approximate surface area is 94.7 Å². The molecule has 1 aromatic carbocycles. The molecular weight excluding hydrogens is 376 g/mol. The van der Waals surface area contributed by atoms with Gasteiger partial charge in [-0.2, -0.15) is 0 Å². The van der Waals surface area contributed by atoms with E-state index in [4.69, 9.17) is 0 Å². The van der Waals surface area contributed by atoms with E-state index in [1.54, 1.807) is 12.1 Å². The predicted molar refractivity (Wildman–Crippen MR) is 58.0 cm³/mol. The zero-order valence-electron chi connectivity index (χ0n) is 5.59. The molecule has 1 rings (SSSR count). The summed E-state index contributed by atoms with van der Waals surface area (Å²) in [6.07, 6.45) is 0. The molecule has 0 saturated carbocycles. The molecule has 0 aromatic heterocycles. The second-order valence-corrected chi connectivity index (χ2v) is 7.66. The van der Waals surface area contributed by atoms with E-state index in [0.717, 1.165) is 4.47 Å². The Bertz CT molecular complexity index is 399. The molecule has 1 aromatic rings. The molecule has 0 radical (unpaired) electrons. The van der Waals surface area contributed by atoms with Crippen LogP contribution in [0.2, 0.25) is 0 Å². The highest BCUT2D eigenvalue weighted by atomic mass is 79.9. The third kappa shape index (κ3) is 2.55. The lowest BCUT2D eigenvalue weighted by Crippen LogP contribution is -1.90. The van der Waals surface area contributed by atoms with Gasteiger partial charge in [-0.25, -0.2) is 8.42 Å². The van der Waals surface area contributed by atoms with Crippen molar-refractivity contribution in [2.45, 2.75) is 4.90 Å². The van der Waals surface area contributed by atoms with Gasteiger partial charge in [-0.3, -0.25) is 0 Å². The zero-order valence-corrected chi connectivity index (χ0v) is 11.2. The van der Waals surface area contributed by atoms with E-state index in [-0.39, 0.29) is 4.90 Å². The van der Waals surface area contributed by atoms with E-state index in [1.807, 2.05) is 0 Å². The Morgan fingerprint density at radius 2 is 1.75 bits per heavy atom. The highest BCUT2D eigenvalue weighted by molar-refractivity contribution is 9.47. The van der Waals surface area contributed by atoms with E-state index < -0.39 is 8.27 Å². The van der Waals surface area contributed by atoms with Crippen molar-refractivity contribution in [3.05, 3.63) is 27.1 Å². The van der Waals surface area contributed by atoms with Gasteiger partial charge < -0.3 is 0 Å². The molecule has 0 heterocycles. The monoisotopic (exact) mass is 376 g/mol. The number of benzene rings is 1. The molecule has 0 spiro atoms. The average Bonchev–Trinajstić information content (AvgIpc) is 1.83. The van der Waals surface area contributed by atoms with Crippen LogP contribution >= 0.6 is 46.7 Å². The highest BCUT2D eigenvalue weighted by Gasteiger charge is 2.12. The van der Waals surface area contributed by atoms with Crippen LogP contribution in [0.25, 0.3) is 0 Å². The van der Waals surface area contributed by atoms with Crippen LogP contribution in [0, 0.1) is 0 Å². The molecule has 12 heavy (non-hydrogen) atoms. The molecule has 0 N–H and O–H groups in total. The smallest absolute Gasteiger partial charge is 0.212 e. The van der Waals surface area contributed by atoms with Crippen molar-refractivity contribution in [2.24, 2.45) is 0 Å². The Kier molecular flexibility index (Phi) is 3.36. The van der Waals surface area contributed by atoms with Crippen LogP contribution in [0.4, 0.5) is 0 Å². The lowest BCUT2D eigenvalue weighted by molar-refractivity contribution is 0.611. The number of rotatable bonds is 1. The van der Waals surface area contributed by atoms with Crippen molar-refractivity contribution in [3.8, 4) is 0 Å². The highest BCUT2D eigenvalue weighted by Crippen LogP contribution is 2.28. The first-order valence-corrected chi connectivity index (χ1v) is 7.72. The summed E-state index contributed by atoms with van der Waals surface area (Å²) in [6.45, 7) is 0. The molecule has 6 heteroatoms. The fourth-order valence-corrected chi connectivity index (χ4v) is 4.38. The lowest BCUT2D eigenvalue weighted by Gasteiger charge is -1.99. The van der Waals surface area contributed by atoms with Crippen LogP contribution in [0.3, 0.4) is 0 Å². The standard InChI is InChI=1S/C6H3Br3O2S/c7-4-1-2-6(5(8)3-4)12(9,10)11/h1-3H. The predicted octanol–water partition coefficient (Wildman–Crippen LogP) is 3.30. The van der Waals surface area contributed by atoms with E-state index in [2.05, 4.69) is 46.7 Å². The molecule has 0 unspecified atom stereocenters. The molecule has 0 bridgehead atoms. The number of halogens is 3. The molecule has 0 saturated heterocycles. The molecule has 66 valence electrons. The van der Waals surface area contributed by atoms with Crippen molar-refractivity contribution >= 4 is 54.9 Å². The molecule has 0 aliphatic carbocycles. The zero-order chi connectivity index (χ0) is 9.35. The van der Waals surface area contributed by atoms with Gasteiger partial charge in [0.25, 0.3) is 0 Å². The first kappa shape index (κ1) is 10.7. The summed E-state index contributed by atoms with van der Waals surface area (Å²) in [4.78, 5) is 0.228. The van der Waals surface area contributed by atoms with Crippen LogP contribution in [0.5, 0.6) is 0 Å². The summed E-state index contributed by atoms with van der Waals surface area (Å²) in [5.41, 5.74) is 0. The van der Waals surface area contributed by atoms with Crippen molar-refractivity contribution < 1.29 is 8.42 Å². The minimum atomic E-state index is -3.31. The summed E-state index contributed by atoms with van der Waals surface area (Å²) in [7, 11) is -3.31. The van der Waals surface area contributed by atoms with Crippen molar-refractivity contribution in [2.75, 3.05) is 0 Å². The van der Waals surface area contributed by atoms with Gasteiger partial charge in [0.1, 0.15) is 0 Å². The van der Waals surface area contributed by atoms with Gasteiger partial charge in [0.05, 0.1) is 19.7 Å². The second kappa shape index (κ2) is 3.77. The van der Waals surface area contributed by atoms with Crippen molar-refractivity contribution in [1.82, 2.24) is 0 Å². The first-order chi connectivity index (χ1) is 5.41. The normalized spacial score (nSPS) is 11.6. The fraction of sp³-hybridized carbons (Fsp3) is 0. The minimum Gasteiger partial charge on any atom is -0.212 e. The summed E-state index contributed by atoms with van der Waals surface area (Å²) in [6, 6.07) is 4.85. The fourth-order valence-electron chi connectivity index (χ4n) is 0.673. The maximum absolute atomic E-state index is 11.0. The first-order valence-electron chi connectivity index (χ1n) is 2.81. The van der Waals surface area contributed by atoms with Gasteiger partial charge in [0, 0.05) is 8.95 Å². The van der Waals surface area contributed by atoms with E-state index >= 15 is 0 Å². The Morgan fingerprint density at radius 3 is 2.17 bits per heavy atom. The molecule has 0 atom stereocenters. The van der Waals surface area contributed by atoms with Crippen LogP contribution in [-0.4, -0.2) is 8.42 Å². The maximum atomic E-state index is 11.0. The van der Waals surface area contributed by atoms with E-state index in [9.17, 15) is 8.42 Å². The van der Waals surface area contributed by atoms with E-state index in [0.29, 0.717) is 4.47 Å². The molecule has 0 aliphatic rings. The molecule has 0 fully saturated rings. The van der Waals surface area contributed by atoms with Crippen LogP contribution in [-0.2, 0) is 8.27 Å². The Morgan fingerprint density at radius 1 is 1.17 bits per heavy atom. The van der Waals surface area contributed by atoms with Crippen molar-refractivity contribution in [3.63, 3.8) is 0 Å². The minimum absolute atomic E-state index is 0.228. The van der Waals surface area contributed by atoms with E-state index in [1.165, 1.54) is 6.07 Å². The molecular formula is C6H3Br3O2S. The average molecular weight is 379 g/mol. The summed E-state index contributed by atoms with van der Waals surface area (Å²) >= 11 is 8.96. The van der Waals surface area contributed by atoms with Gasteiger partial charge in [-0.05, 0) is 34.1 Å². The van der Waals surface area contributed by atoms with Gasteiger partial charge in [0.2, 0.25) is 8.27 Å². The second-order valence-electron chi connectivity index (χ2n) is 2.01. The third-order valence-corrected chi connectivity index (χ3v) is 4.50. The Hall–Kier alpha value is 0.610. The number of hydrogen-bond acceptors (Lipinski definition) is 2. The van der Waals surface area contributed by atoms with Crippen LogP contribution in [0.1, 0.15) is 0 Å². The quantitative estimate of drug-likeness (QED) is 0.703. The van der Waals surface area contributed by atoms with Gasteiger partial charge in [-0.15, -0.1) is 0 Å². The van der Waals surface area contributed by atoms with Gasteiger partial charge >= 0.3 is 0 Å². The summed E-state index contributed by atoms with van der Waals surface area (Å²) in [5, 5.41) is 0. The third-order valence-electron chi connectivity index (χ3n) is 1.16. The lowest BCUT2D eigenvalue weighted by atomic mass is 10.4. The topological polar surface area (TPSA) is 34.1 Å². The van der Waals surface area contributed by atoms with Crippen molar-refractivity contribution in [1.29, 1.82) is 0 Å². The molecule has 0 amide bonds. The molecule has 0 aliphatic heterocycles. The maximum Gasteiger partial charge on any atom is 0.238 e. The van der Waals surface area contributed by atoms with Gasteiger partial charge in [-0.1, -0.05) is 15.9 Å². The summed E-state index contributed by atoms with van der Waals surface area (Å²) < 4.78 is 23.4. The Balaban J connectivity index is 3.39.